The van der Waals surface area contributed by atoms with Crippen molar-refractivity contribution in [2.45, 2.75) is 301 Å². The van der Waals surface area contributed by atoms with Crippen LogP contribution in [0.5, 0.6) is 23.5 Å². The van der Waals surface area contributed by atoms with Crippen molar-refractivity contribution < 1.29 is 34.2 Å². The van der Waals surface area contributed by atoms with Crippen LogP contribution in [0.3, 0.4) is 0 Å². The number of thiophene rings is 4. The molecule has 16 nitrogen and oxygen atoms in total. The number of rotatable bonds is 18. The minimum Gasteiger partial charge on any atom is -0.474 e. The van der Waals surface area contributed by atoms with Crippen LogP contribution in [-0.2, 0) is 68.0 Å². The van der Waals surface area contributed by atoms with Gasteiger partial charge in [-0.25, -0.2) is 44.7 Å². The Kier molecular flexibility index (Phi) is 30.8. The Hall–Kier alpha value is -6.27. The molecule has 4 fully saturated rings. The number of hydrogen-bond donors (Lipinski definition) is 1. The summed E-state index contributed by atoms with van der Waals surface area (Å²) in [6.07, 6.45) is 45.3. The van der Waals surface area contributed by atoms with E-state index in [1.54, 1.807) is 36.6 Å². The molecule has 8 aromatic heterocycles. The number of nitrogens with zero attached hydrogens (tertiary/aromatic N) is 9. The van der Waals surface area contributed by atoms with E-state index >= 15 is 0 Å². The summed E-state index contributed by atoms with van der Waals surface area (Å²) >= 11 is 10.6. The van der Waals surface area contributed by atoms with Gasteiger partial charge < -0.3 is 29.0 Å². The third-order valence-electron chi connectivity index (χ3n) is 23.1. The van der Waals surface area contributed by atoms with Crippen LogP contribution in [0.25, 0.3) is 40.9 Å². The number of ether oxygens (including phenoxy) is 5. The molecule has 0 bridgehead atoms. The zero-order chi connectivity index (χ0) is 77.1. The number of aryl methyl sites for hydroxylation is 8. The molecule has 1 N–H and O–H groups in total. The van der Waals surface area contributed by atoms with Crippen LogP contribution in [0.4, 0.5) is 9.18 Å². The summed E-state index contributed by atoms with van der Waals surface area (Å²) in [5.41, 5.74) is 8.05. The number of fused-ring (bicyclic) bond motifs is 12. The van der Waals surface area contributed by atoms with E-state index in [1.807, 2.05) is 73.0 Å². The van der Waals surface area contributed by atoms with Crippen molar-refractivity contribution in [3.8, 4) is 23.5 Å². The Morgan fingerprint density at radius 1 is 0.486 bits per heavy atom. The minimum absolute atomic E-state index is 0. The maximum Gasteiger partial charge on any atom is 0.407 e. The monoisotopic (exact) mass is 1670 g/mol. The second-order valence-corrected chi connectivity index (χ2v) is 36.8. The second-order valence-electron chi connectivity index (χ2n) is 31.9. The van der Waals surface area contributed by atoms with Gasteiger partial charge in [0.05, 0.1) is 30.1 Å². The zero-order valence-corrected chi connectivity index (χ0v) is 71.6. The summed E-state index contributed by atoms with van der Waals surface area (Å²) in [6.45, 7) is 14.6. The van der Waals surface area contributed by atoms with Crippen LogP contribution in [0.1, 0.15) is 250 Å². The molecular formula is C88H115BrClFN10O6S4. The number of carbonyl (C=O) groups is 1. The molecule has 23 heteroatoms. The Bertz CT molecular complexity index is 4460. The van der Waals surface area contributed by atoms with Gasteiger partial charge in [0, 0.05) is 43.5 Å². The molecule has 4 saturated carbocycles. The van der Waals surface area contributed by atoms with E-state index in [0.29, 0.717) is 18.2 Å². The van der Waals surface area contributed by atoms with Gasteiger partial charge >= 0.3 is 6.09 Å². The highest BCUT2D eigenvalue weighted by Gasteiger charge is 2.33. The minimum atomic E-state index is -1.00. The number of hydrogen-bond acceptors (Lipinski definition) is 19. The average molecular weight is 1670 g/mol. The van der Waals surface area contributed by atoms with Crippen LogP contribution in [0, 0.1) is 11.8 Å². The maximum absolute atomic E-state index is 11.9. The number of aromatic nitrogens is 8. The third kappa shape index (κ3) is 22.0. The van der Waals surface area contributed by atoms with Crippen LogP contribution in [0.2, 0.25) is 0 Å². The van der Waals surface area contributed by atoms with E-state index in [1.165, 1.54) is 217 Å². The van der Waals surface area contributed by atoms with Crippen molar-refractivity contribution in [3.05, 3.63) is 139 Å². The predicted octanol–water partition coefficient (Wildman–Crippen LogP) is 23.2. The van der Waals surface area contributed by atoms with E-state index in [-0.39, 0.29) is 36.8 Å². The first-order chi connectivity index (χ1) is 54.2. The summed E-state index contributed by atoms with van der Waals surface area (Å²) in [5.74, 6) is 5.10. The van der Waals surface area contributed by atoms with E-state index < -0.39 is 12.8 Å². The molecule has 0 radical (unpaired) electrons. The highest BCUT2D eigenvalue weighted by molar-refractivity contribution is 9.08. The fourth-order valence-electron chi connectivity index (χ4n) is 17.7. The molecule has 0 unspecified atom stereocenters. The highest BCUT2D eigenvalue weighted by atomic mass is 79.9. The number of amides is 1. The lowest BCUT2D eigenvalue weighted by molar-refractivity contribution is 0.0469. The number of benzene rings is 2. The van der Waals surface area contributed by atoms with Gasteiger partial charge in [-0.2, -0.15) is 0 Å². The molecule has 0 spiro atoms. The number of halogens is 3. The zero-order valence-electron chi connectivity index (χ0n) is 66.9. The predicted molar refractivity (Wildman–Crippen MR) is 459 cm³/mol. The van der Waals surface area contributed by atoms with Gasteiger partial charge in [-0.05, 0) is 252 Å². The molecule has 2 aromatic carbocycles. The normalized spacial score (nSPS) is 21.7. The molecule has 18 rings (SSSR count). The molecule has 10 aromatic rings. The Labute approximate surface area is 688 Å². The van der Waals surface area contributed by atoms with Crippen molar-refractivity contribution in [1.82, 2.24) is 50.1 Å². The topological polar surface area (TPSA) is 182 Å². The van der Waals surface area contributed by atoms with Crippen LogP contribution >= 0.6 is 73.7 Å². The van der Waals surface area contributed by atoms with Crippen molar-refractivity contribution >= 4 is 121 Å². The summed E-state index contributed by atoms with van der Waals surface area (Å²) in [7, 11) is -1.00. The van der Waals surface area contributed by atoms with Gasteiger partial charge in [-0.3, -0.25) is 9.29 Å². The summed E-state index contributed by atoms with van der Waals surface area (Å²) in [6, 6.07) is 21.9. The lowest BCUT2D eigenvalue weighted by Crippen LogP contribution is -2.42. The number of alkyl halides is 2. The second kappa shape index (κ2) is 41.3. The molecule has 0 aliphatic heterocycles. The summed E-state index contributed by atoms with van der Waals surface area (Å²) in [5, 5.41) is 8.70. The van der Waals surface area contributed by atoms with Crippen molar-refractivity contribution in [2.24, 2.45) is 11.8 Å². The molecular weight excluding hydrogens is 1560 g/mol. The summed E-state index contributed by atoms with van der Waals surface area (Å²) < 4.78 is 46.3. The van der Waals surface area contributed by atoms with E-state index in [2.05, 4.69) is 129 Å². The molecule has 111 heavy (non-hydrogen) atoms. The van der Waals surface area contributed by atoms with Crippen molar-refractivity contribution in [1.29, 1.82) is 0 Å². The molecule has 0 atom stereocenters. The molecule has 598 valence electrons. The lowest BCUT2D eigenvalue weighted by Gasteiger charge is -2.36. The highest BCUT2D eigenvalue weighted by Crippen LogP contribution is 2.46. The molecule has 1 amide bonds. The quantitative estimate of drug-likeness (QED) is 0.0801. The van der Waals surface area contributed by atoms with Crippen LogP contribution < -0.4 is 24.3 Å². The Balaban J connectivity index is 0.000000133. The van der Waals surface area contributed by atoms with Gasteiger partial charge in [0.1, 0.15) is 74.6 Å². The van der Waals surface area contributed by atoms with Crippen molar-refractivity contribution in [2.75, 3.05) is 13.7 Å². The average Bonchev–Trinajstić information content (AvgIpc) is 1.64. The largest absolute Gasteiger partial charge is 0.474 e. The fourth-order valence-corrected chi connectivity index (χ4v) is 22.9. The Morgan fingerprint density at radius 2 is 0.811 bits per heavy atom. The number of carbonyl (C=O) groups excluding carboxylic acids is 1. The fraction of sp³-hybridized carbons (Fsp3) is 0.580. The third-order valence-corrected chi connectivity index (χ3v) is 28.6. The standard InChI is InChI=1S/C24H29N3OS.C20H27N3O3S.2C18H24N2OS.C7H7Br.CH3F.ClH/c1-2-27(15-17-7-4-3-5-8-17)18-11-13-19(14-12-18)28-23-22-20-9-6-10-21(20)29-24(22)26-16-25-23;1-20(2,3)26-19(24)23-12-7-9-13(10-8-12)25-17-16-14-5-4-6-15(14)27-18(16)22-11-21-17;2*1-2-4-12-7-9-13(10-8-12)21-17-16-14-5-3-6-15(14)22-18(16)20-11-19-17;8-6-7-4-2-1-3-5-7;1-2;/h3-5,7-8,16,18-19H,2,6,9-15H2,1H3;11-13H,4-10H2,1-3H3,(H,23,24);2*11-13H,2-10H2,1H3;1-5H,6H2;1H3;1H/i;;;;;1D;. The first-order valence-electron chi connectivity index (χ1n) is 41.9. The Morgan fingerprint density at radius 3 is 1.12 bits per heavy atom. The van der Waals surface area contributed by atoms with Gasteiger partial charge in [0.15, 0.2) is 0 Å². The van der Waals surface area contributed by atoms with Crippen LogP contribution in [0.15, 0.2) is 86.0 Å². The summed E-state index contributed by atoms with van der Waals surface area (Å²) in [4.78, 5) is 60.7. The van der Waals surface area contributed by atoms with Gasteiger partial charge in [0.25, 0.3) is 0 Å². The molecule has 8 heterocycles. The molecule has 8 aliphatic carbocycles. The number of nitrogens with one attached hydrogen (secondary N) is 1. The molecule has 8 aliphatic rings. The van der Waals surface area contributed by atoms with Crippen molar-refractivity contribution in [3.63, 3.8) is 0 Å². The SMILES string of the molecule is BrCc1ccccc1.CC(C)(C)OC(=O)NC1CCC(Oc2ncnc3sc4c(c23)CCC4)CC1.CCCC1CCC(Oc2ncnc3sc4c(c23)CCC4)CC1.CCCC1CCC(Oc2ncnc3sc4c(c23)CCC4)CC1.CCN(Cc1ccccc1)C1CCC(Oc2ncnc3sc4c(c23)CCC4)CC1.Cl.[2H]CF. The smallest absolute Gasteiger partial charge is 0.407 e. The lowest BCUT2D eigenvalue weighted by atomic mass is 9.85. The first kappa shape index (κ1) is 82.7. The van der Waals surface area contributed by atoms with Gasteiger partial charge in [-0.1, -0.05) is 123 Å². The van der Waals surface area contributed by atoms with Crippen LogP contribution in [-0.4, -0.2) is 107 Å². The maximum atomic E-state index is 11.9. The van der Waals surface area contributed by atoms with Gasteiger partial charge in [0.2, 0.25) is 23.5 Å². The van der Waals surface area contributed by atoms with E-state index in [9.17, 15) is 9.18 Å². The first-order valence-corrected chi connectivity index (χ1v) is 45.5. The van der Waals surface area contributed by atoms with E-state index in [0.717, 1.165) is 136 Å². The molecule has 0 saturated heterocycles. The van der Waals surface area contributed by atoms with Gasteiger partial charge in [-0.15, -0.1) is 57.8 Å². The van der Waals surface area contributed by atoms with E-state index in [4.69, 9.17) is 25.1 Å². The number of alkyl carbamates (subject to hydrolysis) is 1.